The summed E-state index contributed by atoms with van der Waals surface area (Å²) in [5, 5.41) is 1.05. The van der Waals surface area contributed by atoms with E-state index in [2.05, 4.69) is 35.7 Å². The molecule has 0 N–H and O–H groups in total. The van der Waals surface area contributed by atoms with Gasteiger partial charge in [-0.25, -0.2) is 15.0 Å². The second kappa shape index (κ2) is 7.55. The van der Waals surface area contributed by atoms with E-state index in [4.69, 9.17) is 9.72 Å². The molecule has 1 aliphatic heterocycles. The number of hydrogen-bond acceptors (Lipinski definition) is 6. The zero-order valence-electron chi connectivity index (χ0n) is 14.6. The number of nitrogens with zero attached hydrogens (tertiary/aromatic N) is 5. The number of benzene rings is 1. The Morgan fingerprint density at radius 1 is 1.08 bits per heavy atom. The third-order valence-electron chi connectivity index (χ3n) is 4.60. The molecule has 1 fully saturated rings. The number of rotatable bonds is 4. The van der Waals surface area contributed by atoms with Crippen LogP contribution in [0, 0.1) is 0 Å². The molecule has 0 aliphatic carbocycles. The molecule has 0 radical (unpaired) electrons. The minimum Gasteiger partial charge on any atom is -0.481 e. The Morgan fingerprint density at radius 2 is 1.92 bits per heavy atom. The Hall–Kier alpha value is -2.25. The van der Waals surface area contributed by atoms with Gasteiger partial charge in [0.25, 0.3) is 0 Å². The predicted octanol–water partition coefficient (Wildman–Crippen LogP) is 3.12. The zero-order chi connectivity index (χ0) is 17.9. The summed E-state index contributed by atoms with van der Waals surface area (Å²) in [6.45, 7) is 4.70. The molecule has 0 atom stereocenters. The van der Waals surface area contributed by atoms with Crippen LogP contribution in [0.15, 0.2) is 47.2 Å². The number of halogens is 1. The Balaban J connectivity index is 1.40. The van der Waals surface area contributed by atoms with Crippen molar-refractivity contribution in [2.24, 2.45) is 0 Å². The number of aromatic nitrogens is 3. The van der Waals surface area contributed by atoms with E-state index in [0.717, 1.165) is 54.0 Å². The summed E-state index contributed by atoms with van der Waals surface area (Å²) in [5.74, 6) is 1.47. The van der Waals surface area contributed by atoms with Crippen LogP contribution < -0.4 is 9.64 Å². The maximum atomic E-state index is 5.20. The van der Waals surface area contributed by atoms with Crippen molar-refractivity contribution in [3.8, 4) is 5.88 Å². The van der Waals surface area contributed by atoms with Gasteiger partial charge in [0.15, 0.2) is 0 Å². The Morgan fingerprint density at radius 3 is 2.73 bits per heavy atom. The zero-order valence-corrected chi connectivity index (χ0v) is 16.2. The van der Waals surface area contributed by atoms with Gasteiger partial charge < -0.3 is 9.64 Å². The molecular formula is C19H20BrN5O. The average Bonchev–Trinajstić information content (AvgIpc) is 2.68. The summed E-state index contributed by atoms with van der Waals surface area (Å²) >= 11 is 3.49. The first-order valence-corrected chi connectivity index (χ1v) is 9.39. The number of piperazine rings is 1. The fourth-order valence-corrected chi connectivity index (χ4v) is 3.55. The second-order valence-corrected chi connectivity index (χ2v) is 7.26. The molecule has 0 saturated carbocycles. The largest absolute Gasteiger partial charge is 0.481 e. The molecular weight excluding hydrogens is 394 g/mol. The molecule has 2 aromatic heterocycles. The molecule has 0 amide bonds. The highest BCUT2D eigenvalue weighted by atomic mass is 79.9. The van der Waals surface area contributed by atoms with Gasteiger partial charge in [0, 0.05) is 61.0 Å². The summed E-state index contributed by atoms with van der Waals surface area (Å²) in [6, 6.07) is 10.1. The third kappa shape index (κ3) is 3.78. The van der Waals surface area contributed by atoms with Crippen LogP contribution >= 0.6 is 15.9 Å². The molecule has 26 heavy (non-hydrogen) atoms. The van der Waals surface area contributed by atoms with Crippen LogP contribution in [0.3, 0.4) is 0 Å². The molecule has 1 aliphatic rings. The minimum absolute atomic E-state index is 0.664. The summed E-state index contributed by atoms with van der Waals surface area (Å²) < 4.78 is 6.25. The highest BCUT2D eigenvalue weighted by molar-refractivity contribution is 9.10. The lowest BCUT2D eigenvalue weighted by Crippen LogP contribution is -2.46. The summed E-state index contributed by atoms with van der Waals surface area (Å²) in [5.41, 5.74) is 2.20. The van der Waals surface area contributed by atoms with Crippen LogP contribution in [-0.4, -0.2) is 53.1 Å². The topological polar surface area (TPSA) is 54.4 Å². The van der Waals surface area contributed by atoms with Crippen LogP contribution in [0.5, 0.6) is 5.88 Å². The molecule has 1 aromatic carbocycles. The lowest BCUT2D eigenvalue weighted by atomic mass is 10.2. The molecule has 3 heterocycles. The van der Waals surface area contributed by atoms with Gasteiger partial charge >= 0.3 is 0 Å². The Labute approximate surface area is 161 Å². The predicted molar refractivity (Wildman–Crippen MR) is 106 cm³/mol. The molecule has 0 spiro atoms. The van der Waals surface area contributed by atoms with Crippen LogP contribution in [0.1, 0.15) is 5.56 Å². The van der Waals surface area contributed by atoms with Crippen molar-refractivity contribution in [1.82, 2.24) is 19.9 Å². The SMILES string of the molecule is COc1cc(CN2CCN(c3ncc4cc(Br)ccc4n3)CC2)ccn1. The van der Waals surface area contributed by atoms with E-state index < -0.39 is 0 Å². The standard InChI is InChI=1S/C19H20BrN5O/c1-26-18-10-14(4-5-21-18)13-24-6-8-25(9-7-24)19-22-12-15-11-16(20)2-3-17(15)23-19/h2-5,10-12H,6-9,13H2,1H3. The molecule has 6 nitrogen and oxygen atoms in total. The highest BCUT2D eigenvalue weighted by Crippen LogP contribution is 2.21. The number of pyridine rings is 1. The van der Waals surface area contributed by atoms with E-state index in [0.29, 0.717) is 5.88 Å². The maximum Gasteiger partial charge on any atom is 0.225 e. The number of fused-ring (bicyclic) bond motifs is 1. The molecule has 0 unspecified atom stereocenters. The van der Waals surface area contributed by atoms with Crippen molar-refractivity contribution in [3.63, 3.8) is 0 Å². The van der Waals surface area contributed by atoms with E-state index in [1.54, 1.807) is 13.3 Å². The van der Waals surface area contributed by atoms with Gasteiger partial charge in [-0.2, -0.15) is 0 Å². The summed E-state index contributed by atoms with van der Waals surface area (Å²) in [4.78, 5) is 18.1. The molecule has 7 heteroatoms. The first kappa shape index (κ1) is 17.2. The fourth-order valence-electron chi connectivity index (χ4n) is 3.17. The van der Waals surface area contributed by atoms with Crippen molar-refractivity contribution in [1.29, 1.82) is 0 Å². The van der Waals surface area contributed by atoms with Gasteiger partial charge in [0.2, 0.25) is 11.8 Å². The number of ether oxygens (including phenoxy) is 1. The normalized spacial score (nSPS) is 15.4. The van der Waals surface area contributed by atoms with Gasteiger partial charge in [0.1, 0.15) is 0 Å². The molecule has 3 aromatic rings. The lowest BCUT2D eigenvalue weighted by Gasteiger charge is -2.34. The van der Waals surface area contributed by atoms with Gasteiger partial charge in [-0.15, -0.1) is 0 Å². The molecule has 1 saturated heterocycles. The summed E-state index contributed by atoms with van der Waals surface area (Å²) in [7, 11) is 1.65. The van der Waals surface area contributed by atoms with Gasteiger partial charge in [-0.3, -0.25) is 4.90 Å². The monoisotopic (exact) mass is 413 g/mol. The Bertz CT molecular complexity index is 911. The van der Waals surface area contributed by atoms with Crippen LogP contribution in [0.4, 0.5) is 5.95 Å². The fraction of sp³-hybridized carbons (Fsp3) is 0.316. The van der Waals surface area contributed by atoms with Gasteiger partial charge in [-0.05, 0) is 29.8 Å². The highest BCUT2D eigenvalue weighted by Gasteiger charge is 2.19. The van der Waals surface area contributed by atoms with Crippen molar-refractivity contribution < 1.29 is 4.74 Å². The van der Waals surface area contributed by atoms with E-state index in [9.17, 15) is 0 Å². The van der Waals surface area contributed by atoms with E-state index in [1.807, 2.05) is 36.5 Å². The van der Waals surface area contributed by atoms with E-state index in [-0.39, 0.29) is 0 Å². The smallest absolute Gasteiger partial charge is 0.225 e. The van der Waals surface area contributed by atoms with E-state index in [1.165, 1.54) is 5.56 Å². The van der Waals surface area contributed by atoms with Crippen molar-refractivity contribution in [3.05, 3.63) is 52.8 Å². The van der Waals surface area contributed by atoms with E-state index >= 15 is 0 Å². The molecule has 134 valence electrons. The first-order valence-electron chi connectivity index (χ1n) is 8.60. The number of anilines is 1. The molecule has 4 rings (SSSR count). The Kier molecular flexibility index (Phi) is 4.99. The third-order valence-corrected chi connectivity index (χ3v) is 5.09. The van der Waals surface area contributed by atoms with Crippen LogP contribution in [0.2, 0.25) is 0 Å². The van der Waals surface area contributed by atoms with Crippen molar-refractivity contribution in [2.45, 2.75) is 6.54 Å². The van der Waals surface area contributed by atoms with Crippen LogP contribution in [0.25, 0.3) is 10.9 Å². The van der Waals surface area contributed by atoms with Crippen molar-refractivity contribution >= 4 is 32.8 Å². The minimum atomic E-state index is 0.664. The lowest BCUT2D eigenvalue weighted by molar-refractivity contribution is 0.248. The first-order chi connectivity index (χ1) is 12.7. The van der Waals surface area contributed by atoms with Crippen LogP contribution in [-0.2, 0) is 6.54 Å². The maximum absolute atomic E-state index is 5.20. The molecule has 0 bridgehead atoms. The average molecular weight is 414 g/mol. The van der Waals surface area contributed by atoms with Gasteiger partial charge in [0.05, 0.1) is 12.6 Å². The second-order valence-electron chi connectivity index (χ2n) is 6.34. The number of methoxy groups -OCH3 is 1. The van der Waals surface area contributed by atoms with Gasteiger partial charge in [-0.1, -0.05) is 15.9 Å². The summed E-state index contributed by atoms with van der Waals surface area (Å²) in [6.07, 6.45) is 3.70. The number of hydrogen-bond donors (Lipinski definition) is 0. The van der Waals surface area contributed by atoms with Crippen molar-refractivity contribution in [2.75, 3.05) is 38.2 Å². The quantitative estimate of drug-likeness (QED) is 0.654.